The van der Waals surface area contributed by atoms with E-state index in [9.17, 15) is 4.79 Å². The van der Waals surface area contributed by atoms with Crippen molar-refractivity contribution in [3.05, 3.63) is 47.5 Å². The number of benzene rings is 1. The van der Waals surface area contributed by atoms with Gasteiger partial charge in [0.15, 0.2) is 5.78 Å². The van der Waals surface area contributed by atoms with Gasteiger partial charge >= 0.3 is 0 Å². The van der Waals surface area contributed by atoms with Crippen LogP contribution in [-0.4, -0.2) is 30.8 Å². The third-order valence-corrected chi connectivity index (χ3v) is 2.74. The summed E-state index contributed by atoms with van der Waals surface area (Å²) in [5.74, 6) is 0.184. The van der Waals surface area contributed by atoms with E-state index in [1.807, 2.05) is 36.4 Å². The summed E-state index contributed by atoms with van der Waals surface area (Å²) in [6.45, 7) is 1.86. The van der Waals surface area contributed by atoms with Gasteiger partial charge in [-0.3, -0.25) is 4.79 Å². The lowest BCUT2D eigenvalue weighted by atomic mass is 9.98. The van der Waals surface area contributed by atoms with E-state index >= 15 is 0 Å². The molecule has 0 saturated heterocycles. The van der Waals surface area contributed by atoms with Gasteiger partial charge in [-0.2, -0.15) is 0 Å². The first kappa shape index (κ1) is 10.1. The first-order chi connectivity index (χ1) is 7.27. The van der Waals surface area contributed by atoms with Crippen LogP contribution in [-0.2, 0) is 0 Å². The Labute approximate surface area is 90.2 Å². The van der Waals surface area contributed by atoms with E-state index < -0.39 is 0 Å². The van der Waals surface area contributed by atoms with Gasteiger partial charge in [0, 0.05) is 18.7 Å². The van der Waals surface area contributed by atoms with E-state index in [4.69, 9.17) is 0 Å². The minimum Gasteiger partial charge on any atom is -0.302 e. The van der Waals surface area contributed by atoms with Crippen LogP contribution in [0.2, 0.25) is 0 Å². The van der Waals surface area contributed by atoms with Crippen LogP contribution in [0.3, 0.4) is 0 Å². The Kier molecular flexibility index (Phi) is 2.97. The number of nitrogens with zero attached hydrogens (tertiary/aromatic N) is 1. The van der Waals surface area contributed by atoms with Crippen LogP contribution in [0.5, 0.6) is 0 Å². The first-order valence-corrected chi connectivity index (χ1v) is 5.24. The van der Waals surface area contributed by atoms with Gasteiger partial charge in [0.25, 0.3) is 0 Å². The van der Waals surface area contributed by atoms with Crippen molar-refractivity contribution in [1.82, 2.24) is 4.90 Å². The van der Waals surface area contributed by atoms with Gasteiger partial charge in [-0.05, 0) is 19.0 Å². The molecule has 1 aliphatic rings. The van der Waals surface area contributed by atoms with E-state index in [0.717, 1.165) is 30.6 Å². The number of Topliss-reactive ketones (excluding diaryl/α,β-unsaturated/α-hetero) is 1. The SMILES string of the molecule is CN1CC=C(C(=O)c2ccccc2)CC1. The number of carbonyl (C=O) groups excluding carboxylic acids is 1. The number of hydrogen-bond acceptors (Lipinski definition) is 2. The third-order valence-electron chi connectivity index (χ3n) is 2.74. The van der Waals surface area contributed by atoms with Crippen molar-refractivity contribution in [2.24, 2.45) is 0 Å². The van der Waals surface area contributed by atoms with E-state index in [-0.39, 0.29) is 5.78 Å². The molecule has 1 aliphatic heterocycles. The lowest BCUT2D eigenvalue weighted by Gasteiger charge is -2.21. The molecule has 2 nitrogen and oxygen atoms in total. The predicted octanol–water partition coefficient (Wildman–Crippen LogP) is 2.13. The zero-order valence-corrected chi connectivity index (χ0v) is 8.94. The molecule has 0 radical (unpaired) electrons. The highest BCUT2D eigenvalue weighted by molar-refractivity contribution is 6.08. The molecule has 0 amide bonds. The largest absolute Gasteiger partial charge is 0.302 e. The molecule has 0 unspecified atom stereocenters. The Morgan fingerprint density at radius 2 is 2.00 bits per heavy atom. The molecule has 15 heavy (non-hydrogen) atoms. The van der Waals surface area contributed by atoms with E-state index in [1.165, 1.54) is 0 Å². The first-order valence-electron chi connectivity index (χ1n) is 5.24. The lowest BCUT2D eigenvalue weighted by molar-refractivity contribution is 0.102. The monoisotopic (exact) mass is 201 g/mol. The number of hydrogen-bond donors (Lipinski definition) is 0. The molecule has 1 aromatic rings. The summed E-state index contributed by atoms with van der Waals surface area (Å²) in [7, 11) is 2.07. The van der Waals surface area contributed by atoms with E-state index in [1.54, 1.807) is 0 Å². The highest BCUT2D eigenvalue weighted by Crippen LogP contribution is 2.15. The topological polar surface area (TPSA) is 20.3 Å². The smallest absolute Gasteiger partial charge is 0.188 e. The zero-order chi connectivity index (χ0) is 10.7. The number of carbonyl (C=O) groups is 1. The molecule has 78 valence electrons. The summed E-state index contributed by atoms with van der Waals surface area (Å²) in [6.07, 6.45) is 2.91. The van der Waals surface area contributed by atoms with E-state index in [0.29, 0.717) is 0 Å². The molecule has 0 spiro atoms. The average Bonchev–Trinajstić information content (AvgIpc) is 2.30. The van der Waals surface area contributed by atoms with Crippen LogP contribution >= 0.6 is 0 Å². The Bertz CT molecular complexity index is 381. The molecule has 0 fully saturated rings. The lowest BCUT2D eigenvalue weighted by Crippen LogP contribution is -2.26. The number of rotatable bonds is 2. The van der Waals surface area contributed by atoms with Crippen LogP contribution in [0.25, 0.3) is 0 Å². The quantitative estimate of drug-likeness (QED) is 0.683. The Hall–Kier alpha value is -1.41. The second kappa shape index (κ2) is 4.41. The van der Waals surface area contributed by atoms with Crippen molar-refractivity contribution in [3.8, 4) is 0 Å². The zero-order valence-electron chi connectivity index (χ0n) is 8.94. The molecule has 1 aromatic carbocycles. The summed E-state index contributed by atoms with van der Waals surface area (Å²) in [4.78, 5) is 14.2. The standard InChI is InChI=1S/C13H15NO/c1-14-9-7-12(8-10-14)13(15)11-5-3-2-4-6-11/h2-7H,8-10H2,1H3. The van der Waals surface area contributed by atoms with Crippen molar-refractivity contribution in [2.45, 2.75) is 6.42 Å². The van der Waals surface area contributed by atoms with Gasteiger partial charge in [0.2, 0.25) is 0 Å². The van der Waals surface area contributed by atoms with Gasteiger partial charge in [-0.1, -0.05) is 36.4 Å². The van der Waals surface area contributed by atoms with Gasteiger partial charge < -0.3 is 4.90 Å². The minimum absolute atomic E-state index is 0.184. The summed E-state index contributed by atoms with van der Waals surface area (Å²) in [5.41, 5.74) is 1.76. The van der Waals surface area contributed by atoms with Crippen LogP contribution in [0, 0.1) is 0 Å². The molecule has 2 rings (SSSR count). The summed E-state index contributed by atoms with van der Waals surface area (Å²) in [5, 5.41) is 0. The maximum Gasteiger partial charge on any atom is 0.188 e. The number of likely N-dealkylation sites (N-methyl/N-ethyl adjacent to an activating group) is 1. The van der Waals surface area contributed by atoms with Crippen molar-refractivity contribution in [2.75, 3.05) is 20.1 Å². The molecular weight excluding hydrogens is 186 g/mol. The minimum atomic E-state index is 0.184. The van der Waals surface area contributed by atoms with Crippen LogP contribution in [0.15, 0.2) is 42.0 Å². The highest BCUT2D eigenvalue weighted by Gasteiger charge is 2.15. The third kappa shape index (κ3) is 2.34. The fraction of sp³-hybridized carbons (Fsp3) is 0.308. The Morgan fingerprint density at radius 1 is 1.27 bits per heavy atom. The van der Waals surface area contributed by atoms with Crippen LogP contribution < -0.4 is 0 Å². The fourth-order valence-electron chi connectivity index (χ4n) is 1.75. The second-order valence-corrected chi connectivity index (χ2v) is 3.94. The maximum atomic E-state index is 12.0. The van der Waals surface area contributed by atoms with Gasteiger partial charge in [0.1, 0.15) is 0 Å². The number of ketones is 1. The van der Waals surface area contributed by atoms with Gasteiger partial charge in [0.05, 0.1) is 0 Å². The van der Waals surface area contributed by atoms with Crippen molar-refractivity contribution < 1.29 is 4.79 Å². The molecule has 1 heterocycles. The summed E-state index contributed by atoms with van der Waals surface area (Å²) < 4.78 is 0. The molecule has 0 atom stereocenters. The fourth-order valence-corrected chi connectivity index (χ4v) is 1.75. The summed E-state index contributed by atoms with van der Waals surface area (Å²) in [6, 6.07) is 9.49. The van der Waals surface area contributed by atoms with Crippen LogP contribution in [0.4, 0.5) is 0 Å². The molecular formula is C13H15NO. The normalized spacial score (nSPS) is 17.3. The van der Waals surface area contributed by atoms with Gasteiger partial charge in [-0.25, -0.2) is 0 Å². The van der Waals surface area contributed by atoms with E-state index in [2.05, 4.69) is 11.9 Å². The average molecular weight is 201 g/mol. The molecule has 0 bridgehead atoms. The maximum absolute atomic E-state index is 12.0. The summed E-state index contributed by atoms with van der Waals surface area (Å²) >= 11 is 0. The van der Waals surface area contributed by atoms with Crippen molar-refractivity contribution in [3.63, 3.8) is 0 Å². The molecule has 0 aliphatic carbocycles. The highest BCUT2D eigenvalue weighted by atomic mass is 16.1. The molecule has 2 heteroatoms. The van der Waals surface area contributed by atoms with Crippen molar-refractivity contribution >= 4 is 5.78 Å². The van der Waals surface area contributed by atoms with Gasteiger partial charge in [-0.15, -0.1) is 0 Å². The predicted molar refractivity (Wildman–Crippen MR) is 61.0 cm³/mol. The second-order valence-electron chi connectivity index (χ2n) is 3.94. The Balaban J connectivity index is 2.16. The molecule has 0 aromatic heterocycles. The molecule has 0 saturated carbocycles. The van der Waals surface area contributed by atoms with Crippen molar-refractivity contribution in [1.29, 1.82) is 0 Å². The Morgan fingerprint density at radius 3 is 2.60 bits per heavy atom. The van der Waals surface area contributed by atoms with Crippen LogP contribution in [0.1, 0.15) is 16.8 Å². The molecule has 0 N–H and O–H groups in total.